The molecule has 0 heterocycles. The zero-order valence-electron chi connectivity index (χ0n) is 6.16. The van der Waals surface area contributed by atoms with Crippen LogP contribution in [-0.2, 0) is 23.9 Å². The largest absolute Gasteiger partial charge is 0.345 e. The zero-order chi connectivity index (χ0) is 9.07. The van der Waals surface area contributed by atoms with Gasteiger partial charge in [0.05, 0.1) is 6.26 Å². The molecule has 0 radical (unpaired) electrons. The second kappa shape index (κ2) is 3.47. The molecule has 6 heteroatoms. The average molecular weight is 180 g/mol. The highest BCUT2D eigenvalue weighted by Gasteiger charge is 2.12. The third-order valence-electron chi connectivity index (χ3n) is 0.638. The van der Waals surface area contributed by atoms with Gasteiger partial charge in [-0.3, -0.25) is 9.59 Å². The Labute approximate surface area is 64.5 Å². The molecule has 0 fully saturated rings. The first-order valence-corrected chi connectivity index (χ1v) is 4.54. The molecule has 0 amide bonds. The number of carbonyl (C=O) groups is 2. The maximum absolute atomic E-state index is 10.4. The van der Waals surface area contributed by atoms with Crippen LogP contribution in [0.3, 0.4) is 0 Å². The predicted octanol–water partition coefficient (Wildman–Crippen LogP) is -0.532. The van der Waals surface area contributed by atoms with Crippen molar-refractivity contribution in [3.05, 3.63) is 0 Å². The van der Waals surface area contributed by atoms with Crippen molar-refractivity contribution in [2.75, 3.05) is 6.26 Å². The normalized spacial score (nSPS) is 10.7. The molecule has 0 saturated heterocycles. The van der Waals surface area contributed by atoms with E-state index in [1.807, 2.05) is 0 Å². The van der Waals surface area contributed by atoms with Gasteiger partial charge in [-0.1, -0.05) is 0 Å². The lowest BCUT2D eigenvalue weighted by molar-refractivity contribution is -0.136. The van der Waals surface area contributed by atoms with Gasteiger partial charge in [0.25, 0.3) is 0 Å². The Morgan fingerprint density at radius 3 is 2.09 bits per heavy atom. The van der Waals surface area contributed by atoms with Gasteiger partial charge in [0.15, 0.2) is 0 Å². The highest BCUT2D eigenvalue weighted by Crippen LogP contribution is 1.92. The van der Waals surface area contributed by atoms with Crippen LogP contribution in [0.5, 0.6) is 0 Å². The molecule has 0 saturated carbocycles. The zero-order valence-corrected chi connectivity index (χ0v) is 6.97. The van der Waals surface area contributed by atoms with Gasteiger partial charge in [0.2, 0.25) is 0 Å². The van der Waals surface area contributed by atoms with Gasteiger partial charge < -0.3 is 4.18 Å². The topological polar surface area (TPSA) is 77.5 Å². The molecule has 0 N–H and O–H groups in total. The van der Waals surface area contributed by atoms with Crippen LogP contribution >= 0.6 is 0 Å². The molecule has 64 valence electrons. The van der Waals surface area contributed by atoms with Gasteiger partial charge in [-0.2, -0.15) is 8.42 Å². The highest BCUT2D eigenvalue weighted by molar-refractivity contribution is 7.86. The number of ketones is 1. The van der Waals surface area contributed by atoms with E-state index >= 15 is 0 Å². The van der Waals surface area contributed by atoms with Gasteiger partial charge in [-0.15, -0.1) is 0 Å². The van der Waals surface area contributed by atoms with Gasteiger partial charge in [-0.25, -0.2) is 0 Å². The van der Waals surface area contributed by atoms with Crippen LogP contribution in [0.15, 0.2) is 0 Å². The molecule has 0 spiro atoms. The Morgan fingerprint density at radius 1 is 1.36 bits per heavy atom. The van der Waals surface area contributed by atoms with Crippen molar-refractivity contribution in [2.45, 2.75) is 13.3 Å². The third-order valence-corrected chi connectivity index (χ3v) is 1.13. The Balaban J connectivity index is 4.01. The van der Waals surface area contributed by atoms with E-state index in [4.69, 9.17) is 0 Å². The lowest BCUT2D eigenvalue weighted by Crippen LogP contribution is -2.13. The summed E-state index contributed by atoms with van der Waals surface area (Å²) < 4.78 is 24.4. The summed E-state index contributed by atoms with van der Waals surface area (Å²) in [7, 11) is -3.77. The lowest BCUT2D eigenvalue weighted by atomic mass is 10.3. The van der Waals surface area contributed by atoms with Crippen LogP contribution < -0.4 is 0 Å². The second-order valence-electron chi connectivity index (χ2n) is 2.04. The van der Waals surface area contributed by atoms with E-state index in [9.17, 15) is 18.0 Å². The van der Waals surface area contributed by atoms with Crippen LogP contribution in [0, 0.1) is 0 Å². The van der Waals surface area contributed by atoms with E-state index < -0.39 is 28.3 Å². The van der Waals surface area contributed by atoms with Crippen molar-refractivity contribution >= 4 is 21.9 Å². The summed E-state index contributed by atoms with van der Waals surface area (Å²) in [6.45, 7) is 1.17. The molecular weight excluding hydrogens is 172 g/mol. The number of hydrogen-bond donors (Lipinski definition) is 0. The minimum absolute atomic E-state index is 0.432. The maximum atomic E-state index is 10.4. The van der Waals surface area contributed by atoms with Crippen LogP contribution in [-0.4, -0.2) is 26.4 Å². The van der Waals surface area contributed by atoms with Crippen molar-refractivity contribution in [3.63, 3.8) is 0 Å². The molecule has 0 aliphatic carbocycles. The number of carbonyl (C=O) groups excluding carboxylic acids is 2. The van der Waals surface area contributed by atoms with E-state index in [1.165, 1.54) is 6.92 Å². The summed E-state index contributed by atoms with van der Waals surface area (Å²) in [5.41, 5.74) is 0. The lowest BCUT2D eigenvalue weighted by Gasteiger charge is -1.97. The number of rotatable bonds is 3. The van der Waals surface area contributed by atoms with E-state index in [0.29, 0.717) is 0 Å². The molecule has 0 rings (SSSR count). The van der Waals surface area contributed by atoms with Gasteiger partial charge >= 0.3 is 16.1 Å². The quantitative estimate of drug-likeness (QED) is 0.431. The van der Waals surface area contributed by atoms with Crippen LogP contribution in [0.1, 0.15) is 13.3 Å². The molecular formula is C5H8O5S. The molecule has 0 bridgehead atoms. The van der Waals surface area contributed by atoms with Crippen molar-refractivity contribution < 1.29 is 22.2 Å². The van der Waals surface area contributed by atoms with Gasteiger partial charge in [0, 0.05) is 0 Å². The van der Waals surface area contributed by atoms with E-state index in [0.717, 1.165) is 6.26 Å². The highest BCUT2D eigenvalue weighted by atomic mass is 32.2. The van der Waals surface area contributed by atoms with Crippen molar-refractivity contribution in [2.24, 2.45) is 0 Å². The third kappa shape index (κ3) is 6.98. The second-order valence-corrected chi connectivity index (χ2v) is 3.61. The molecule has 11 heavy (non-hydrogen) atoms. The first-order valence-electron chi connectivity index (χ1n) is 2.73. The minimum atomic E-state index is -3.77. The fraction of sp³-hybridized carbons (Fsp3) is 0.600. The Morgan fingerprint density at radius 2 is 1.82 bits per heavy atom. The molecule has 0 unspecified atom stereocenters. The Kier molecular flexibility index (Phi) is 3.18. The summed E-state index contributed by atoms with van der Waals surface area (Å²) in [4.78, 5) is 20.7. The van der Waals surface area contributed by atoms with Crippen LogP contribution in [0.4, 0.5) is 0 Å². The van der Waals surface area contributed by atoms with E-state index in [1.54, 1.807) is 0 Å². The summed E-state index contributed by atoms with van der Waals surface area (Å²) in [5.74, 6) is -1.47. The number of Topliss-reactive ketones (excluding diaryl/α,β-unsaturated/α-hetero) is 1. The van der Waals surface area contributed by atoms with Gasteiger partial charge in [0.1, 0.15) is 12.2 Å². The SMILES string of the molecule is CC(=O)CC(=O)OS(C)(=O)=O. The standard InChI is InChI=1S/C5H8O5S/c1-4(6)3-5(7)10-11(2,8)9/h3H2,1-2H3. The minimum Gasteiger partial charge on any atom is -0.345 e. The molecule has 0 atom stereocenters. The molecule has 0 aromatic rings. The summed E-state index contributed by atoms with van der Waals surface area (Å²) in [6, 6.07) is 0. The molecule has 0 aromatic carbocycles. The fourth-order valence-corrected chi connectivity index (χ4v) is 0.798. The van der Waals surface area contributed by atoms with E-state index in [2.05, 4.69) is 4.18 Å². The van der Waals surface area contributed by atoms with Crippen LogP contribution in [0.25, 0.3) is 0 Å². The first kappa shape index (κ1) is 10.1. The molecule has 0 aromatic heterocycles. The Hall–Kier alpha value is -0.910. The van der Waals surface area contributed by atoms with Gasteiger partial charge in [-0.05, 0) is 6.92 Å². The smallest absolute Gasteiger partial charge is 0.329 e. The maximum Gasteiger partial charge on any atom is 0.329 e. The average Bonchev–Trinajstić information content (AvgIpc) is 1.53. The predicted molar refractivity (Wildman–Crippen MR) is 36.2 cm³/mol. The van der Waals surface area contributed by atoms with Crippen molar-refractivity contribution in [1.29, 1.82) is 0 Å². The van der Waals surface area contributed by atoms with E-state index in [-0.39, 0.29) is 0 Å². The van der Waals surface area contributed by atoms with Crippen molar-refractivity contribution in [3.8, 4) is 0 Å². The molecule has 5 nitrogen and oxygen atoms in total. The summed E-state index contributed by atoms with van der Waals surface area (Å²) in [6.07, 6.45) is 0.234. The summed E-state index contributed by atoms with van der Waals surface area (Å²) in [5, 5.41) is 0. The van der Waals surface area contributed by atoms with Crippen LogP contribution in [0.2, 0.25) is 0 Å². The first-order chi connectivity index (χ1) is 4.81. The fourth-order valence-electron chi connectivity index (χ4n) is 0.402. The number of hydrogen-bond acceptors (Lipinski definition) is 5. The molecule has 0 aliphatic rings. The molecule has 0 aliphatic heterocycles. The Bertz CT molecular complexity index is 263. The monoisotopic (exact) mass is 180 g/mol. The van der Waals surface area contributed by atoms with Crippen molar-refractivity contribution in [1.82, 2.24) is 0 Å². The summed E-state index contributed by atoms with van der Waals surface area (Å²) >= 11 is 0.